The standard InChI is InChI=1S/C15H21FN2O2/c1-11(18-7-3-2-4-8-18)10-17-14-6-5-12(16)9-13(14)15(19)20/h5-6,9,11,17H,2-4,7-8,10H2,1H3,(H,19,20). The fourth-order valence-corrected chi connectivity index (χ4v) is 2.59. The average molecular weight is 280 g/mol. The number of nitrogens with one attached hydrogen (secondary N) is 1. The summed E-state index contributed by atoms with van der Waals surface area (Å²) in [5.41, 5.74) is 0.457. The Bertz CT molecular complexity index is 473. The van der Waals surface area contributed by atoms with Gasteiger partial charge in [-0.25, -0.2) is 9.18 Å². The van der Waals surface area contributed by atoms with Crippen LogP contribution in [0.2, 0.25) is 0 Å². The van der Waals surface area contributed by atoms with Crippen molar-refractivity contribution in [2.45, 2.75) is 32.2 Å². The first-order valence-corrected chi connectivity index (χ1v) is 7.08. The van der Waals surface area contributed by atoms with Gasteiger partial charge in [0, 0.05) is 18.3 Å². The molecule has 4 nitrogen and oxygen atoms in total. The molecule has 0 aromatic heterocycles. The summed E-state index contributed by atoms with van der Waals surface area (Å²) in [4.78, 5) is 13.5. The van der Waals surface area contributed by atoms with Gasteiger partial charge >= 0.3 is 5.97 Å². The largest absolute Gasteiger partial charge is 0.478 e. The van der Waals surface area contributed by atoms with Gasteiger partial charge in [-0.15, -0.1) is 0 Å². The van der Waals surface area contributed by atoms with E-state index in [9.17, 15) is 9.18 Å². The van der Waals surface area contributed by atoms with Gasteiger partial charge in [-0.05, 0) is 51.1 Å². The number of carboxylic acid groups (broad SMARTS) is 1. The zero-order valence-corrected chi connectivity index (χ0v) is 11.7. The Labute approximate surface area is 118 Å². The maximum absolute atomic E-state index is 13.1. The van der Waals surface area contributed by atoms with E-state index in [0.29, 0.717) is 18.3 Å². The summed E-state index contributed by atoms with van der Waals surface area (Å²) >= 11 is 0. The van der Waals surface area contributed by atoms with Crippen molar-refractivity contribution in [2.75, 3.05) is 25.0 Å². The van der Waals surface area contributed by atoms with Crippen LogP contribution in [0.25, 0.3) is 0 Å². The van der Waals surface area contributed by atoms with E-state index in [4.69, 9.17) is 5.11 Å². The lowest BCUT2D eigenvalue weighted by Gasteiger charge is -2.32. The van der Waals surface area contributed by atoms with E-state index in [1.54, 1.807) is 0 Å². The second kappa shape index (κ2) is 6.70. The van der Waals surface area contributed by atoms with Crippen molar-refractivity contribution < 1.29 is 14.3 Å². The molecule has 1 aliphatic rings. The molecule has 0 spiro atoms. The molecule has 5 heteroatoms. The molecule has 1 aliphatic heterocycles. The zero-order chi connectivity index (χ0) is 14.5. The van der Waals surface area contributed by atoms with Gasteiger partial charge in [0.05, 0.1) is 5.56 Å². The van der Waals surface area contributed by atoms with Gasteiger partial charge in [0.1, 0.15) is 5.82 Å². The number of hydrogen-bond acceptors (Lipinski definition) is 3. The third-order valence-electron chi connectivity index (χ3n) is 3.81. The van der Waals surface area contributed by atoms with Crippen molar-refractivity contribution >= 4 is 11.7 Å². The van der Waals surface area contributed by atoms with Gasteiger partial charge in [-0.1, -0.05) is 6.42 Å². The molecular weight excluding hydrogens is 259 g/mol. The number of anilines is 1. The third kappa shape index (κ3) is 3.70. The molecule has 0 radical (unpaired) electrons. The number of nitrogens with zero attached hydrogens (tertiary/aromatic N) is 1. The van der Waals surface area contributed by atoms with Crippen molar-refractivity contribution in [3.63, 3.8) is 0 Å². The maximum atomic E-state index is 13.1. The van der Waals surface area contributed by atoms with Crippen LogP contribution >= 0.6 is 0 Å². The number of piperidine rings is 1. The molecule has 1 aromatic rings. The van der Waals surface area contributed by atoms with E-state index in [1.807, 2.05) is 0 Å². The van der Waals surface area contributed by atoms with Crippen LogP contribution in [0.1, 0.15) is 36.5 Å². The first-order chi connectivity index (χ1) is 9.58. The van der Waals surface area contributed by atoms with Crippen LogP contribution in [0.3, 0.4) is 0 Å². The molecule has 1 heterocycles. The maximum Gasteiger partial charge on any atom is 0.337 e. The number of benzene rings is 1. The minimum atomic E-state index is -1.11. The number of carboxylic acids is 1. The van der Waals surface area contributed by atoms with Crippen LogP contribution in [-0.4, -0.2) is 41.7 Å². The monoisotopic (exact) mass is 280 g/mol. The molecule has 20 heavy (non-hydrogen) atoms. The van der Waals surface area contributed by atoms with Crippen LogP contribution < -0.4 is 5.32 Å². The van der Waals surface area contributed by atoms with Gasteiger partial charge in [-0.3, -0.25) is 4.90 Å². The Morgan fingerprint density at radius 1 is 1.40 bits per heavy atom. The average Bonchev–Trinajstić information content (AvgIpc) is 2.46. The lowest BCUT2D eigenvalue weighted by Crippen LogP contribution is -2.41. The van der Waals surface area contributed by atoms with Crippen molar-refractivity contribution in [2.24, 2.45) is 0 Å². The highest BCUT2D eigenvalue weighted by Gasteiger charge is 2.17. The van der Waals surface area contributed by atoms with Crippen LogP contribution in [0, 0.1) is 5.82 Å². The number of rotatable bonds is 5. The first-order valence-electron chi connectivity index (χ1n) is 7.08. The highest BCUT2D eigenvalue weighted by Crippen LogP contribution is 2.18. The minimum absolute atomic E-state index is 0.0177. The Morgan fingerprint density at radius 2 is 2.10 bits per heavy atom. The molecule has 110 valence electrons. The number of hydrogen-bond donors (Lipinski definition) is 2. The molecular formula is C15H21FN2O2. The van der Waals surface area contributed by atoms with Gasteiger partial charge in [0.15, 0.2) is 0 Å². The van der Waals surface area contributed by atoms with Crippen molar-refractivity contribution in [3.8, 4) is 0 Å². The number of aromatic carboxylic acids is 1. The molecule has 1 atom stereocenters. The Morgan fingerprint density at radius 3 is 2.75 bits per heavy atom. The summed E-state index contributed by atoms with van der Waals surface area (Å²) in [6, 6.07) is 4.15. The Balaban J connectivity index is 1.97. The summed E-state index contributed by atoms with van der Waals surface area (Å²) in [5.74, 6) is -1.64. The van der Waals surface area contributed by atoms with E-state index >= 15 is 0 Å². The first kappa shape index (κ1) is 14.8. The van der Waals surface area contributed by atoms with Crippen LogP contribution in [0.15, 0.2) is 18.2 Å². The molecule has 1 fully saturated rings. The van der Waals surface area contributed by atoms with E-state index in [-0.39, 0.29) is 5.56 Å². The van der Waals surface area contributed by atoms with Gasteiger partial charge in [-0.2, -0.15) is 0 Å². The highest BCUT2D eigenvalue weighted by molar-refractivity contribution is 5.94. The lowest BCUT2D eigenvalue weighted by molar-refractivity contribution is 0.0697. The van der Waals surface area contributed by atoms with Crippen molar-refractivity contribution in [1.29, 1.82) is 0 Å². The van der Waals surface area contributed by atoms with E-state index in [0.717, 1.165) is 19.2 Å². The second-order valence-electron chi connectivity index (χ2n) is 5.32. The molecule has 1 unspecified atom stereocenters. The normalized spacial score (nSPS) is 17.7. The van der Waals surface area contributed by atoms with Crippen LogP contribution in [-0.2, 0) is 0 Å². The predicted molar refractivity (Wildman–Crippen MR) is 76.7 cm³/mol. The Kier molecular flexibility index (Phi) is 4.95. The fourth-order valence-electron chi connectivity index (χ4n) is 2.59. The zero-order valence-electron chi connectivity index (χ0n) is 11.7. The number of likely N-dealkylation sites (tertiary alicyclic amines) is 1. The summed E-state index contributed by atoms with van der Waals surface area (Å²) < 4.78 is 13.1. The third-order valence-corrected chi connectivity index (χ3v) is 3.81. The van der Waals surface area contributed by atoms with Crippen LogP contribution in [0.5, 0.6) is 0 Å². The summed E-state index contributed by atoms with van der Waals surface area (Å²) in [6.45, 7) is 4.98. The highest BCUT2D eigenvalue weighted by atomic mass is 19.1. The molecule has 1 saturated heterocycles. The molecule has 0 amide bonds. The second-order valence-corrected chi connectivity index (χ2v) is 5.32. The molecule has 0 saturated carbocycles. The fraction of sp³-hybridized carbons (Fsp3) is 0.533. The smallest absolute Gasteiger partial charge is 0.337 e. The van der Waals surface area contributed by atoms with Crippen LogP contribution in [0.4, 0.5) is 10.1 Å². The van der Waals surface area contributed by atoms with E-state index in [2.05, 4.69) is 17.1 Å². The summed E-state index contributed by atoms with van der Waals surface area (Å²) in [5, 5.41) is 12.2. The number of carbonyl (C=O) groups is 1. The molecule has 0 bridgehead atoms. The number of halogens is 1. The van der Waals surface area contributed by atoms with Gasteiger partial charge < -0.3 is 10.4 Å². The van der Waals surface area contributed by atoms with E-state index < -0.39 is 11.8 Å². The predicted octanol–water partition coefficient (Wildman–Crippen LogP) is 2.81. The van der Waals surface area contributed by atoms with Crippen molar-refractivity contribution in [3.05, 3.63) is 29.6 Å². The lowest BCUT2D eigenvalue weighted by atomic mass is 10.1. The molecule has 2 rings (SSSR count). The molecule has 0 aliphatic carbocycles. The van der Waals surface area contributed by atoms with E-state index in [1.165, 1.54) is 31.4 Å². The van der Waals surface area contributed by atoms with Gasteiger partial charge in [0.2, 0.25) is 0 Å². The SMILES string of the molecule is CC(CNc1ccc(F)cc1C(=O)O)N1CCCCC1. The Hall–Kier alpha value is -1.62. The molecule has 2 N–H and O–H groups in total. The molecule has 1 aromatic carbocycles. The van der Waals surface area contributed by atoms with Crippen molar-refractivity contribution in [1.82, 2.24) is 4.90 Å². The summed E-state index contributed by atoms with van der Waals surface area (Å²) in [6.07, 6.45) is 3.74. The summed E-state index contributed by atoms with van der Waals surface area (Å²) in [7, 11) is 0. The quantitative estimate of drug-likeness (QED) is 0.871. The topological polar surface area (TPSA) is 52.6 Å². The van der Waals surface area contributed by atoms with Gasteiger partial charge in [0.25, 0.3) is 0 Å². The minimum Gasteiger partial charge on any atom is -0.478 e.